The van der Waals surface area contributed by atoms with E-state index < -0.39 is 0 Å². The first-order valence-corrected chi connectivity index (χ1v) is 8.67. The molecule has 0 unspecified atom stereocenters. The minimum Gasteiger partial charge on any atom is -0.322 e. The van der Waals surface area contributed by atoms with Gasteiger partial charge >= 0.3 is 0 Å². The minimum absolute atomic E-state index is 0.0585. The number of likely N-dealkylation sites (tertiary alicyclic amines) is 1. The van der Waals surface area contributed by atoms with Gasteiger partial charge in [-0.05, 0) is 84.4 Å². The molecule has 0 spiro atoms. The van der Waals surface area contributed by atoms with Crippen LogP contribution in [-0.4, -0.2) is 23.9 Å². The van der Waals surface area contributed by atoms with E-state index >= 15 is 0 Å². The van der Waals surface area contributed by atoms with Crippen LogP contribution in [0, 0.1) is 3.57 Å². The second kappa shape index (κ2) is 7.24. The first-order chi connectivity index (χ1) is 10.7. The Morgan fingerprint density at radius 2 is 1.86 bits per heavy atom. The van der Waals surface area contributed by atoms with Crippen molar-refractivity contribution in [2.45, 2.75) is 19.4 Å². The van der Waals surface area contributed by atoms with Crippen molar-refractivity contribution in [2.75, 3.05) is 18.4 Å². The Morgan fingerprint density at radius 1 is 1.09 bits per heavy atom. The lowest BCUT2D eigenvalue weighted by atomic mass is 10.1. The summed E-state index contributed by atoms with van der Waals surface area (Å²) in [4.78, 5) is 14.8. The second-order valence-corrected chi connectivity index (χ2v) is 6.89. The Labute approximate surface area is 144 Å². The highest BCUT2D eigenvalue weighted by Crippen LogP contribution is 2.17. The number of amides is 1. The average molecular weight is 406 g/mol. The first kappa shape index (κ1) is 15.5. The van der Waals surface area contributed by atoms with Crippen LogP contribution in [0.25, 0.3) is 0 Å². The molecule has 114 valence electrons. The topological polar surface area (TPSA) is 32.3 Å². The Morgan fingerprint density at radius 3 is 2.64 bits per heavy atom. The maximum Gasteiger partial charge on any atom is 0.255 e. The van der Waals surface area contributed by atoms with Crippen LogP contribution in [0.2, 0.25) is 0 Å². The third kappa shape index (κ3) is 4.08. The number of rotatable bonds is 4. The van der Waals surface area contributed by atoms with Gasteiger partial charge in [0.15, 0.2) is 0 Å². The molecule has 0 radical (unpaired) electrons. The molecule has 2 aromatic rings. The van der Waals surface area contributed by atoms with Crippen molar-refractivity contribution in [2.24, 2.45) is 0 Å². The summed E-state index contributed by atoms with van der Waals surface area (Å²) in [7, 11) is 0. The molecule has 1 N–H and O–H groups in total. The molecule has 1 fully saturated rings. The molecule has 0 atom stereocenters. The smallest absolute Gasteiger partial charge is 0.255 e. The van der Waals surface area contributed by atoms with E-state index in [4.69, 9.17) is 0 Å². The highest BCUT2D eigenvalue weighted by Gasteiger charge is 2.12. The molecular formula is C18H19IN2O. The third-order valence-corrected chi connectivity index (χ3v) is 4.55. The Balaban J connectivity index is 1.68. The van der Waals surface area contributed by atoms with Gasteiger partial charge in [-0.15, -0.1) is 0 Å². The standard InChI is InChI=1S/C18H19IN2O/c19-16-7-4-6-15(12-16)18(22)20-17-8-3-5-14(11-17)13-21-9-1-2-10-21/h3-8,11-12H,1-2,9-10,13H2,(H,20,22). The highest BCUT2D eigenvalue weighted by molar-refractivity contribution is 14.1. The normalized spacial score (nSPS) is 15.0. The van der Waals surface area contributed by atoms with Gasteiger partial charge in [-0.3, -0.25) is 9.69 Å². The van der Waals surface area contributed by atoms with Crippen molar-refractivity contribution >= 4 is 34.2 Å². The van der Waals surface area contributed by atoms with E-state index in [1.807, 2.05) is 36.4 Å². The van der Waals surface area contributed by atoms with Crippen LogP contribution < -0.4 is 5.32 Å². The van der Waals surface area contributed by atoms with E-state index in [0.29, 0.717) is 5.56 Å². The lowest BCUT2D eigenvalue weighted by molar-refractivity contribution is 0.102. The highest BCUT2D eigenvalue weighted by atomic mass is 127. The predicted molar refractivity (Wildman–Crippen MR) is 98.1 cm³/mol. The Kier molecular flexibility index (Phi) is 5.10. The molecule has 1 aliphatic heterocycles. The number of benzene rings is 2. The lowest BCUT2D eigenvalue weighted by Gasteiger charge is -2.15. The van der Waals surface area contributed by atoms with E-state index in [2.05, 4.69) is 44.9 Å². The van der Waals surface area contributed by atoms with Gasteiger partial charge in [0, 0.05) is 21.4 Å². The molecule has 3 rings (SSSR count). The van der Waals surface area contributed by atoms with Crippen molar-refractivity contribution < 1.29 is 4.79 Å². The summed E-state index contributed by atoms with van der Waals surface area (Å²) in [6, 6.07) is 15.8. The summed E-state index contributed by atoms with van der Waals surface area (Å²) in [5.74, 6) is -0.0585. The molecule has 22 heavy (non-hydrogen) atoms. The predicted octanol–water partition coefficient (Wildman–Crippen LogP) is 4.14. The van der Waals surface area contributed by atoms with Crippen molar-refractivity contribution in [3.8, 4) is 0 Å². The SMILES string of the molecule is O=C(Nc1cccc(CN2CCCC2)c1)c1cccc(I)c1. The van der Waals surface area contributed by atoms with Crippen LogP contribution in [0.15, 0.2) is 48.5 Å². The van der Waals surface area contributed by atoms with Gasteiger partial charge in [-0.25, -0.2) is 0 Å². The van der Waals surface area contributed by atoms with Gasteiger partial charge in [0.2, 0.25) is 0 Å². The number of halogens is 1. The molecule has 1 aliphatic rings. The second-order valence-electron chi connectivity index (χ2n) is 5.65. The number of hydrogen-bond acceptors (Lipinski definition) is 2. The van der Waals surface area contributed by atoms with E-state index in [9.17, 15) is 4.79 Å². The molecule has 0 saturated carbocycles. The average Bonchev–Trinajstić information content (AvgIpc) is 3.00. The van der Waals surface area contributed by atoms with Crippen molar-refractivity contribution in [3.63, 3.8) is 0 Å². The monoisotopic (exact) mass is 406 g/mol. The molecular weight excluding hydrogens is 387 g/mol. The molecule has 3 nitrogen and oxygen atoms in total. The quantitative estimate of drug-likeness (QED) is 0.775. The van der Waals surface area contributed by atoms with Crippen molar-refractivity contribution in [3.05, 3.63) is 63.2 Å². The number of nitrogens with zero attached hydrogens (tertiary/aromatic N) is 1. The van der Waals surface area contributed by atoms with Crippen LogP contribution in [0.5, 0.6) is 0 Å². The summed E-state index contributed by atoms with van der Waals surface area (Å²) in [5, 5.41) is 2.99. The lowest BCUT2D eigenvalue weighted by Crippen LogP contribution is -2.18. The zero-order chi connectivity index (χ0) is 15.4. The minimum atomic E-state index is -0.0585. The molecule has 0 aliphatic carbocycles. The van der Waals surface area contributed by atoms with Gasteiger partial charge in [-0.1, -0.05) is 18.2 Å². The first-order valence-electron chi connectivity index (χ1n) is 7.59. The Bertz CT molecular complexity index is 666. The fourth-order valence-electron chi connectivity index (χ4n) is 2.78. The number of carbonyl (C=O) groups is 1. The maximum atomic E-state index is 12.3. The summed E-state index contributed by atoms with van der Waals surface area (Å²) in [5.41, 5.74) is 2.81. The van der Waals surface area contributed by atoms with Crippen molar-refractivity contribution in [1.29, 1.82) is 0 Å². The van der Waals surface area contributed by atoms with Gasteiger partial charge in [0.25, 0.3) is 5.91 Å². The molecule has 1 saturated heterocycles. The van der Waals surface area contributed by atoms with Gasteiger partial charge in [-0.2, -0.15) is 0 Å². The summed E-state index contributed by atoms with van der Waals surface area (Å²) >= 11 is 2.22. The largest absolute Gasteiger partial charge is 0.322 e. The molecule has 0 bridgehead atoms. The fraction of sp³-hybridized carbons (Fsp3) is 0.278. The van der Waals surface area contributed by atoms with Crippen LogP contribution in [-0.2, 0) is 6.54 Å². The zero-order valence-corrected chi connectivity index (χ0v) is 14.5. The molecule has 2 aromatic carbocycles. The van der Waals surface area contributed by atoms with Gasteiger partial charge < -0.3 is 5.32 Å². The number of carbonyl (C=O) groups excluding carboxylic acids is 1. The van der Waals surface area contributed by atoms with E-state index in [0.717, 1.165) is 15.8 Å². The van der Waals surface area contributed by atoms with Crippen LogP contribution >= 0.6 is 22.6 Å². The van der Waals surface area contributed by atoms with E-state index in [-0.39, 0.29) is 5.91 Å². The number of anilines is 1. The summed E-state index contributed by atoms with van der Waals surface area (Å²) in [6.07, 6.45) is 2.59. The van der Waals surface area contributed by atoms with Gasteiger partial charge in [0.1, 0.15) is 0 Å². The summed E-state index contributed by atoms with van der Waals surface area (Å²) in [6.45, 7) is 3.32. The number of hydrogen-bond donors (Lipinski definition) is 1. The van der Waals surface area contributed by atoms with Crippen LogP contribution in [0.1, 0.15) is 28.8 Å². The third-order valence-electron chi connectivity index (χ3n) is 3.88. The van der Waals surface area contributed by atoms with Crippen LogP contribution in [0.4, 0.5) is 5.69 Å². The van der Waals surface area contributed by atoms with Crippen LogP contribution in [0.3, 0.4) is 0 Å². The molecule has 4 heteroatoms. The maximum absolute atomic E-state index is 12.3. The Hall–Kier alpha value is -1.40. The van der Waals surface area contributed by atoms with E-state index in [1.165, 1.54) is 31.5 Å². The fourth-order valence-corrected chi connectivity index (χ4v) is 3.32. The number of nitrogens with one attached hydrogen (secondary N) is 1. The molecule has 1 heterocycles. The van der Waals surface area contributed by atoms with Crippen molar-refractivity contribution in [1.82, 2.24) is 4.90 Å². The van der Waals surface area contributed by atoms with Gasteiger partial charge in [0.05, 0.1) is 0 Å². The van der Waals surface area contributed by atoms with E-state index in [1.54, 1.807) is 0 Å². The molecule has 0 aromatic heterocycles. The summed E-state index contributed by atoms with van der Waals surface area (Å²) < 4.78 is 1.06. The zero-order valence-electron chi connectivity index (χ0n) is 12.4. The molecule has 1 amide bonds.